The van der Waals surface area contributed by atoms with E-state index in [1.807, 2.05) is 0 Å². The number of piperidine rings is 1. The lowest BCUT2D eigenvalue weighted by Crippen LogP contribution is -2.60. The van der Waals surface area contributed by atoms with Crippen LogP contribution in [0.15, 0.2) is 10.6 Å². The normalized spacial score (nSPS) is 36.9. The van der Waals surface area contributed by atoms with Crippen LogP contribution in [-0.4, -0.2) is 71.4 Å². The van der Waals surface area contributed by atoms with E-state index in [9.17, 15) is 13.2 Å². The number of piperazine rings is 1. The first-order valence-electron chi connectivity index (χ1n) is 11.3. The minimum Gasteiger partial charge on any atom is -0.360 e. The lowest BCUT2D eigenvalue weighted by molar-refractivity contribution is 0.0897. The van der Waals surface area contributed by atoms with Gasteiger partial charge < -0.3 is 15.2 Å². The van der Waals surface area contributed by atoms with Crippen LogP contribution in [0.4, 0.5) is 0 Å². The fourth-order valence-corrected chi connectivity index (χ4v) is 8.06. The number of aromatic nitrogens is 1. The Bertz CT molecular complexity index is 919. The molecule has 1 saturated carbocycles. The molecule has 4 bridgehead atoms. The Morgan fingerprint density at radius 3 is 2.37 bits per heavy atom. The van der Waals surface area contributed by atoms with Gasteiger partial charge in [-0.3, -0.25) is 4.79 Å². The zero-order valence-corrected chi connectivity index (χ0v) is 17.8. The van der Waals surface area contributed by atoms with Gasteiger partial charge in [0.25, 0.3) is 16.1 Å². The minimum absolute atomic E-state index is 0.0262. The first kappa shape index (κ1) is 19.2. The van der Waals surface area contributed by atoms with Crippen LogP contribution in [-0.2, 0) is 10.2 Å². The summed E-state index contributed by atoms with van der Waals surface area (Å²) in [6.45, 7) is 1.15. The average molecular weight is 436 g/mol. The number of nitrogens with one attached hydrogen (secondary N) is 2. The van der Waals surface area contributed by atoms with Crippen molar-refractivity contribution in [1.29, 1.82) is 0 Å². The largest absolute Gasteiger partial charge is 0.360 e. The van der Waals surface area contributed by atoms with E-state index in [1.165, 1.54) is 0 Å². The predicted octanol–water partition coefficient (Wildman–Crippen LogP) is 0.958. The molecule has 1 aromatic heterocycles. The lowest BCUT2D eigenvalue weighted by Gasteiger charge is -2.42. The van der Waals surface area contributed by atoms with E-state index in [0.29, 0.717) is 37.5 Å². The zero-order chi connectivity index (χ0) is 20.5. The first-order chi connectivity index (χ1) is 14.5. The molecule has 30 heavy (non-hydrogen) atoms. The summed E-state index contributed by atoms with van der Waals surface area (Å²) in [4.78, 5) is 12.6. The van der Waals surface area contributed by atoms with Gasteiger partial charge in [0.15, 0.2) is 5.69 Å². The van der Waals surface area contributed by atoms with Crippen molar-refractivity contribution in [2.45, 2.75) is 87.5 Å². The molecule has 5 heterocycles. The van der Waals surface area contributed by atoms with Gasteiger partial charge >= 0.3 is 0 Å². The number of hydrogen-bond donors (Lipinski definition) is 2. The Labute approximate surface area is 176 Å². The Morgan fingerprint density at radius 2 is 1.73 bits per heavy atom. The van der Waals surface area contributed by atoms with Crippen LogP contribution < -0.4 is 10.6 Å². The van der Waals surface area contributed by atoms with E-state index in [0.717, 1.165) is 44.3 Å². The van der Waals surface area contributed by atoms with E-state index >= 15 is 0 Å². The molecule has 4 saturated heterocycles. The van der Waals surface area contributed by atoms with E-state index in [1.54, 1.807) is 14.7 Å². The second kappa shape index (κ2) is 7.01. The third kappa shape index (κ3) is 3.28. The van der Waals surface area contributed by atoms with Gasteiger partial charge in [-0.1, -0.05) is 5.16 Å². The molecule has 1 aliphatic carbocycles. The highest BCUT2D eigenvalue weighted by atomic mass is 32.2. The summed E-state index contributed by atoms with van der Waals surface area (Å²) in [5.41, 5.74) is 0.329. The molecule has 2 N–H and O–H groups in total. The number of nitrogens with zero attached hydrogens (tertiary/aromatic N) is 3. The van der Waals surface area contributed by atoms with Crippen LogP contribution >= 0.6 is 0 Å². The Morgan fingerprint density at radius 1 is 1.07 bits per heavy atom. The molecule has 0 aromatic carbocycles. The molecule has 10 heteroatoms. The van der Waals surface area contributed by atoms with E-state index < -0.39 is 10.2 Å². The van der Waals surface area contributed by atoms with Crippen molar-refractivity contribution in [3.05, 3.63) is 17.5 Å². The molecule has 164 valence electrons. The second-order valence-electron chi connectivity index (χ2n) is 9.71. The summed E-state index contributed by atoms with van der Waals surface area (Å²) >= 11 is 0. The molecule has 9 nitrogen and oxygen atoms in total. The van der Waals surface area contributed by atoms with Crippen molar-refractivity contribution in [2.75, 3.05) is 13.1 Å². The molecule has 5 fully saturated rings. The molecule has 3 unspecified atom stereocenters. The third-order valence-corrected chi connectivity index (χ3v) is 9.60. The van der Waals surface area contributed by atoms with Crippen LogP contribution in [0, 0.1) is 0 Å². The standard InChI is InChI=1S/C20H29N5O4S/c26-20(18-9-19(29-23-18)12-1-2-12)22-15-7-16-5-6-17(8-15)25(16)30(27,28)24-10-13-3-4-14(11-24)21-13/h9,12-17,21H,1-8,10-11H2,(H,22,26)/t13?,14?,15?,16-,17+. The molecular formula is C20H29N5O4S. The van der Waals surface area contributed by atoms with Crippen LogP contribution in [0.5, 0.6) is 0 Å². The maximum absolute atomic E-state index is 13.5. The Hall–Kier alpha value is -1.49. The van der Waals surface area contributed by atoms with Gasteiger partial charge in [0.2, 0.25) is 0 Å². The summed E-state index contributed by atoms with van der Waals surface area (Å²) in [7, 11) is -3.46. The minimum atomic E-state index is -3.46. The quantitative estimate of drug-likeness (QED) is 0.713. The van der Waals surface area contributed by atoms with Crippen molar-refractivity contribution in [2.24, 2.45) is 0 Å². The summed E-state index contributed by atoms with van der Waals surface area (Å²) in [5.74, 6) is 1.000. The third-order valence-electron chi connectivity index (χ3n) is 7.52. The molecule has 1 aromatic rings. The van der Waals surface area contributed by atoms with E-state index in [-0.39, 0.29) is 36.1 Å². The van der Waals surface area contributed by atoms with Crippen molar-refractivity contribution in [1.82, 2.24) is 24.4 Å². The molecule has 0 radical (unpaired) electrons. The van der Waals surface area contributed by atoms with Crippen molar-refractivity contribution in [3.8, 4) is 0 Å². The van der Waals surface area contributed by atoms with Crippen LogP contribution in [0.25, 0.3) is 0 Å². The lowest BCUT2D eigenvalue weighted by atomic mass is 9.99. The number of carbonyl (C=O) groups is 1. The molecular weight excluding hydrogens is 406 g/mol. The fourth-order valence-electron chi connectivity index (χ4n) is 5.92. The second-order valence-corrected chi connectivity index (χ2v) is 11.5. The van der Waals surface area contributed by atoms with Gasteiger partial charge in [0.1, 0.15) is 5.76 Å². The first-order valence-corrected chi connectivity index (χ1v) is 12.7. The van der Waals surface area contributed by atoms with Gasteiger partial charge in [-0.15, -0.1) is 0 Å². The van der Waals surface area contributed by atoms with Gasteiger partial charge in [-0.25, -0.2) is 0 Å². The highest BCUT2D eigenvalue weighted by Crippen LogP contribution is 2.41. The van der Waals surface area contributed by atoms with Crippen molar-refractivity contribution < 1.29 is 17.7 Å². The van der Waals surface area contributed by atoms with Gasteiger partial charge in [0, 0.05) is 55.3 Å². The number of hydrogen-bond acceptors (Lipinski definition) is 6. The van der Waals surface area contributed by atoms with Gasteiger partial charge in [-0.2, -0.15) is 17.0 Å². The molecule has 1 amide bonds. The predicted molar refractivity (Wildman–Crippen MR) is 108 cm³/mol. The molecule has 5 aliphatic rings. The van der Waals surface area contributed by atoms with Gasteiger partial charge in [-0.05, 0) is 51.4 Å². The number of rotatable bonds is 5. The monoisotopic (exact) mass is 435 g/mol. The number of amides is 1. The fraction of sp³-hybridized carbons (Fsp3) is 0.800. The highest BCUT2D eigenvalue weighted by Gasteiger charge is 2.50. The molecule has 4 aliphatic heterocycles. The summed E-state index contributed by atoms with van der Waals surface area (Å²) in [5, 5.41) is 10.5. The van der Waals surface area contributed by atoms with Crippen molar-refractivity contribution in [3.63, 3.8) is 0 Å². The SMILES string of the molecule is O=C(NC1C[C@H]2CC[C@@H](C1)N2S(=O)(=O)N1CC2CCC(C1)N2)c1cc(C2CC2)on1. The summed E-state index contributed by atoms with van der Waals surface area (Å²) in [6, 6.07) is 2.23. The Balaban J connectivity index is 1.12. The number of carbonyl (C=O) groups excluding carboxylic acids is 1. The average Bonchev–Trinajstić information content (AvgIpc) is 3.25. The maximum Gasteiger partial charge on any atom is 0.282 e. The topological polar surface area (TPSA) is 108 Å². The smallest absolute Gasteiger partial charge is 0.282 e. The molecule has 0 spiro atoms. The van der Waals surface area contributed by atoms with Crippen LogP contribution in [0.3, 0.4) is 0 Å². The van der Waals surface area contributed by atoms with Crippen LogP contribution in [0.1, 0.15) is 73.5 Å². The van der Waals surface area contributed by atoms with E-state index in [4.69, 9.17) is 4.52 Å². The summed E-state index contributed by atoms with van der Waals surface area (Å²) < 4.78 is 35.7. The maximum atomic E-state index is 13.5. The molecule has 5 atom stereocenters. The Kier molecular flexibility index (Phi) is 4.49. The van der Waals surface area contributed by atoms with Crippen molar-refractivity contribution >= 4 is 16.1 Å². The highest BCUT2D eigenvalue weighted by molar-refractivity contribution is 7.86. The van der Waals surface area contributed by atoms with Gasteiger partial charge in [0.05, 0.1) is 0 Å². The van der Waals surface area contributed by atoms with Crippen LogP contribution in [0.2, 0.25) is 0 Å². The van der Waals surface area contributed by atoms with E-state index in [2.05, 4.69) is 15.8 Å². The zero-order valence-electron chi connectivity index (χ0n) is 17.0. The summed E-state index contributed by atoms with van der Waals surface area (Å²) in [6.07, 6.45) is 7.37. The number of fused-ring (bicyclic) bond motifs is 4. The molecule has 6 rings (SSSR count).